The first-order valence-electron chi connectivity index (χ1n) is 16.4. The van der Waals surface area contributed by atoms with Crippen LogP contribution in [0, 0.1) is 0 Å². The Labute approximate surface area is 293 Å². The van der Waals surface area contributed by atoms with Crippen LogP contribution < -0.4 is 20.0 Å². The van der Waals surface area contributed by atoms with Crippen molar-refractivity contribution < 1.29 is 23.8 Å². The number of carbonyl (C=O) groups is 2. The number of benzene rings is 3. The third-order valence-electron chi connectivity index (χ3n) is 9.07. The molecule has 0 unspecified atom stereocenters. The molecular weight excluding hydrogens is 684 g/mol. The number of aromatic nitrogens is 1. The first-order valence-corrected chi connectivity index (χ1v) is 19.4. The summed E-state index contributed by atoms with van der Waals surface area (Å²) in [5, 5.41) is 2.79. The highest BCUT2D eigenvalue weighted by atomic mass is 79.9. The minimum absolute atomic E-state index is 0.0174. The van der Waals surface area contributed by atoms with Crippen molar-refractivity contribution in [2.45, 2.75) is 71.2 Å². The van der Waals surface area contributed by atoms with Gasteiger partial charge in [0.15, 0.2) is 5.69 Å². The summed E-state index contributed by atoms with van der Waals surface area (Å²) < 4.78 is 18.0. The fourth-order valence-corrected chi connectivity index (χ4v) is 12.5. The summed E-state index contributed by atoms with van der Waals surface area (Å²) in [6.45, 7) is 14.1. The van der Waals surface area contributed by atoms with E-state index < -0.39 is 25.6 Å². The smallest absolute Gasteiger partial charge is 0.358 e. The minimum Gasteiger partial charge on any atom is -0.494 e. The fraction of sp³-hybridized carbons (Fsp3) is 0.359. The van der Waals surface area contributed by atoms with Crippen molar-refractivity contribution in [3.8, 4) is 5.75 Å². The number of esters is 2. The summed E-state index contributed by atoms with van der Waals surface area (Å²) >= 11 is 3.46. The number of hydrogen-bond donors (Lipinski definition) is 0. The average Bonchev–Trinajstić information content (AvgIpc) is 3.05. The van der Waals surface area contributed by atoms with Gasteiger partial charge in [0, 0.05) is 18.7 Å². The Kier molecular flexibility index (Phi) is 10.5. The first kappa shape index (κ1) is 35.4. The molecule has 7 nitrogen and oxygen atoms in total. The zero-order valence-electron chi connectivity index (χ0n) is 28.9. The number of rotatable bonds is 9. The number of carbonyl (C=O) groups excluding carboxylic acids is 2. The van der Waals surface area contributed by atoms with E-state index in [1.807, 2.05) is 39.0 Å². The van der Waals surface area contributed by atoms with Crippen molar-refractivity contribution in [3.05, 3.63) is 112 Å². The predicted octanol–water partition coefficient (Wildman–Crippen LogP) is 7.59. The van der Waals surface area contributed by atoms with Crippen LogP contribution in [0.2, 0.25) is 11.1 Å². The van der Waals surface area contributed by atoms with E-state index >= 15 is 0 Å². The van der Waals surface area contributed by atoms with Gasteiger partial charge in [0.2, 0.25) is 0 Å². The molecule has 0 saturated carbocycles. The van der Waals surface area contributed by atoms with Crippen LogP contribution in [0.25, 0.3) is 0 Å². The molecule has 5 rings (SSSR count). The highest BCUT2D eigenvalue weighted by molar-refractivity contribution is 9.10. The highest BCUT2D eigenvalue weighted by Gasteiger charge is 2.47. The minimum atomic E-state index is -2.32. The van der Waals surface area contributed by atoms with Crippen LogP contribution in [-0.4, -0.2) is 50.9 Å². The molecule has 0 spiro atoms. The molecule has 1 aliphatic rings. The average molecular weight is 730 g/mol. The van der Waals surface area contributed by atoms with E-state index in [4.69, 9.17) is 14.2 Å². The topological polar surface area (TPSA) is 78.0 Å². The SMILES string of the molecule is COC(=O)c1ccc(OCC[Si](c2ccccc2)(c2ccccc2)C(C)(C)C)c2c1CN(c1ccc(Br)c(C(=O)OC(C)(C)C)n1)CC2. The number of hydrogen-bond acceptors (Lipinski definition) is 7. The molecule has 1 aliphatic heterocycles. The largest absolute Gasteiger partial charge is 0.494 e. The molecule has 0 bridgehead atoms. The molecule has 0 atom stereocenters. The van der Waals surface area contributed by atoms with Gasteiger partial charge in [0.05, 0.1) is 23.8 Å². The summed E-state index contributed by atoms with van der Waals surface area (Å²) in [5.74, 6) is 0.512. The standard InChI is InChI=1S/C39H45BrN2O5Si/c1-38(2,3)47-37(44)35-32(40)19-21-34(41-35)42-23-22-29-31(26-42)30(36(43)45-7)18-20-33(29)46-24-25-48(39(4,5)6,27-14-10-8-11-15-27)28-16-12-9-13-17-28/h8-21H,22-26H2,1-7H3. The summed E-state index contributed by atoms with van der Waals surface area (Å²) in [6, 6.07) is 30.1. The van der Waals surface area contributed by atoms with Gasteiger partial charge >= 0.3 is 11.9 Å². The zero-order chi connectivity index (χ0) is 34.7. The van der Waals surface area contributed by atoms with E-state index in [2.05, 4.69) is 107 Å². The molecule has 0 radical (unpaired) electrons. The van der Waals surface area contributed by atoms with Crippen LogP contribution in [0.1, 0.15) is 73.5 Å². The van der Waals surface area contributed by atoms with E-state index in [1.165, 1.54) is 17.5 Å². The Balaban J connectivity index is 1.46. The molecule has 48 heavy (non-hydrogen) atoms. The Morgan fingerprint density at radius 2 is 1.46 bits per heavy atom. The van der Waals surface area contributed by atoms with E-state index in [-0.39, 0.29) is 10.7 Å². The number of pyridine rings is 1. The first-order chi connectivity index (χ1) is 22.7. The lowest BCUT2D eigenvalue weighted by molar-refractivity contribution is 0.00615. The normalized spacial score (nSPS) is 13.5. The Morgan fingerprint density at radius 1 is 0.833 bits per heavy atom. The Bertz CT molecular complexity index is 1730. The van der Waals surface area contributed by atoms with E-state index in [0.717, 1.165) is 22.9 Å². The van der Waals surface area contributed by atoms with Crippen LogP contribution in [0.4, 0.5) is 5.82 Å². The maximum atomic E-state index is 13.0. The lowest BCUT2D eigenvalue weighted by Crippen LogP contribution is -2.64. The van der Waals surface area contributed by atoms with Gasteiger partial charge in [-0.15, -0.1) is 0 Å². The van der Waals surface area contributed by atoms with Crippen molar-refractivity contribution in [2.24, 2.45) is 0 Å². The van der Waals surface area contributed by atoms with Gasteiger partial charge in [-0.2, -0.15) is 0 Å². The van der Waals surface area contributed by atoms with Gasteiger partial charge in [-0.25, -0.2) is 14.6 Å². The highest BCUT2D eigenvalue weighted by Crippen LogP contribution is 2.39. The van der Waals surface area contributed by atoms with Crippen molar-refractivity contribution >= 4 is 52.1 Å². The summed E-state index contributed by atoms with van der Waals surface area (Å²) in [5.41, 5.74) is 1.91. The van der Waals surface area contributed by atoms with Gasteiger partial charge in [-0.3, -0.25) is 0 Å². The molecule has 2 heterocycles. The molecule has 0 fully saturated rings. The number of methoxy groups -OCH3 is 1. The molecule has 252 valence electrons. The molecule has 0 N–H and O–H groups in total. The summed E-state index contributed by atoms with van der Waals surface area (Å²) in [7, 11) is -0.924. The summed E-state index contributed by atoms with van der Waals surface area (Å²) in [4.78, 5) is 32.7. The van der Waals surface area contributed by atoms with Crippen LogP contribution in [-0.2, 0) is 22.4 Å². The van der Waals surface area contributed by atoms with Gasteiger partial charge in [-0.05, 0) is 84.0 Å². The zero-order valence-corrected chi connectivity index (χ0v) is 31.5. The van der Waals surface area contributed by atoms with E-state index in [9.17, 15) is 9.59 Å². The van der Waals surface area contributed by atoms with E-state index in [1.54, 1.807) is 6.07 Å². The lowest BCUT2D eigenvalue weighted by atomic mass is 9.93. The van der Waals surface area contributed by atoms with Crippen molar-refractivity contribution in [1.29, 1.82) is 0 Å². The number of anilines is 1. The monoisotopic (exact) mass is 728 g/mol. The number of nitrogens with zero attached hydrogens (tertiary/aromatic N) is 2. The van der Waals surface area contributed by atoms with Gasteiger partial charge in [0.25, 0.3) is 0 Å². The second-order valence-corrected chi connectivity index (χ2v) is 20.0. The quantitative estimate of drug-likeness (QED) is 0.130. The number of ether oxygens (including phenoxy) is 3. The molecule has 1 aromatic heterocycles. The molecule has 4 aromatic rings. The number of halogens is 1. The van der Waals surface area contributed by atoms with Crippen molar-refractivity contribution in [2.75, 3.05) is 25.2 Å². The van der Waals surface area contributed by atoms with Gasteiger partial charge in [-0.1, -0.05) is 91.8 Å². The molecular formula is C39H45BrN2O5Si. The molecule has 3 aromatic carbocycles. The van der Waals surface area contributed by atoms with Gasteiger partial charge in [0.1, 0.15) is 25.2 Å². The van der Waals surface area contributed by atoms with Crippen LogP contribution >= 0.6 is 15.9 Å². The summed E-state index contributed by atoms with van der Waals surface area (Å²) in [6.07, 6.45) is 0.633. The van der Waals surface area contributed by atoms with Crippen molar-refractivity contribution in [1.82, 2.24) is 4.98 Å². The second kappa shape index (κ2) is 14.3. The lowest BCUT2D eigenvalue weighted by Gasteiger charge is -2.44. The van der Waals surface area contributed by atoms with Crippen LogP contribution in [0.3, 0.4) is 0 Å². The third-order valence-corrected chi connectivity index (χ3v) is 15.9. The molecule has 9 heteroatoms. The maximum Gasteiger partial charge on any atom is 0.358 e. The Hall–Kier alpha value is -3.95. The van der Waals surface area contributed by atoms with Crippen LogP contribution in [0.15, 0.2) is 89.4 Å². The third kappa shape index (κ3) is 7.37. The molecule has 0 amide bonds. The number of fused-ring (bicyclic) bond motifs is 1. The van der Waals surface area contributed by atoms with Gasteiger partial charge < -0.3 is 19.1 Å². The molecule has 0 aliphatic carbocycles. The van der Waals surface area contributed by atoms with Crippen molar-refractivity contribution in [3.63, 3.8) is 0 Å². The fourth-order valence-electron chi connectivity index (χ4n) is 6.81. The second-order valence-electron chi connectivity index (χ2n) is 14.2. The predicted molar refractivity (Wildman–Crippen MR) is 198 cm³/mol. The Morgan fingerprint density at radius 3 is 2.02 bits per heavy atom. The molecule has 0 saturated heterocycles. The van der Waals surface area contributed by atoms with Crippen LogP contribution in [0.5, 0.6) is 5.75 Å². The van der Waals surface area contributed by atoms with E-state index in [0.29, 0.717) is 42.0 Å². The maximum absolute atomic E-state index is 13.0.